The molecule has 1 aromatic rings. The maximum Gasteiger partial charge on any atom is 0.256 e. The number of aromatic nitrogens is 1. The van der Waals surface area contributed by atoms with Gasteiger partial charge in [-0.1, -0.05) is 11.6 Å². The normalized spacial score (nSPS) is 10.6. The van der Waals surface area contributed by atoms with Crippen LogP contribution in [-0.4, -0.2) is 56.3 Å². The molecule has 0 aromatic carbocycles. The van der Waals surface area contributed by atoms with Gasteiger partial charge in [0.15, 0.2) is 0 Å². The molecule has 112 valence electrons. The van der Waals surface area contributed by atoms with Gasteiger partial charge in [0.05, 0.1) is 24.1 Å². The minimum atomic E-state index is -0.181. The van der Waals surface area contributed by atoms with Gasteiger partial charge in [-0.05, 0) is 12.5 Å². The van der Waals surface area contributed by atoms with Crippen LogP contribution in [0.1, 0.15) is 16.8 Å². The number of anilines is 1. The number of nitrogens with two attached hydrogens (primary N) is 1. The van der Waals surface area contributed by atoms with Crippen molar-refractivity contribution < 1.29 is 14.3 Å². The minimum absolute atomic E-state index is 0.181. The predicted octanol–water partition coefficient (Wildman–Crippen LogP) is 1.44. The number of pyridine rings is 1. The Hall–Kier alpha value is -1.37. The van der Waals surface area contributed by atoms with E-state index in [2.05, 4.69) is 4.98 Å². The van der Waals surface area contributed by atoms with E-state index < -0.39 is 0 Å². The number of halogens is 1. The number of hydrogen-bond donors (Lipinski definition) is 1. The third kappa shape index (κ3) is 4.96. The van der Waals surface area contributed by atoms with Crippen LogP contribution < -0.4 is 5.73 Å². The minimum Gasteiger partial charge on any atom is -0.397 e. The smallest absolute Gasteiger partial charge is 0.256 e. The molecule has 2 N–H and O–H groups in total. The molecule has 0 saturated carbocycles. The molecule has 0 unspecified atom stereocenters. The van der Waals surface area contributed by atoms with Gasteiger partial charge in [0.2, 0.25) is 0 Å². The average molecular weight is 302 g/mol. The molecule has 0 fully saturated rings. The van der Waals surface area contributed by atoms with Crippen molar-refractivity contribution >= 4 is 23.2 Å². The van der Waals surface area contributed by atoms with Crippen LogP contribution in [0.3, 0.4) is 0 Å². The summed E-state index contributed by atoms with van der Waals surface area (Å²) in [6.45, 7) is 2.09. The van der Waals surface area contributed by atoms with E-state index in [-0.39, 0.29) is 11.1 Å². The summed E-state index contributed by atoms with van der Waals surface area (Å²) >= 11 is 5.81. The molecule has 20 heavy (non-hydrogen) atoms. The zero-order chi connectivity index (χ0) is 15.0. The average Bonchev–Trinajstić information content (AvgIpc) is 2.44. The van der Waals surface area contributed by atoms with Gasteiger partial charge in [-0.25, -0.2) is 4.98 Å². The number of carbonyl (C=O) groups is 1. The molecule has 0 aliphatic carbocycles. The highest BCUT2D eigenvalue weighted by Crippen LogP contribution is 2.17. The first-order valence-electron chi connectivity index (χ1n) is 6.28. The second-order valence-corrected chi connectivity index (χ2v) is 4.61. The Morgan fingerprint density at radius 3 is 2.70 bits per heavy atom. The SMILES string of the molecule is COCCCN(CCOC)C(=O)c1cc(Cl)ncc1N. The lowest BCUT2D eigenvalue weighted by atomic mass is 10.2. The molecule has 0 atom stereocenters. The van der Waals surface area contributed by atoms with Crippen LogP contribution in [0.2, 0.25) is 5.15 Å². The molecular formula is C13H20ClN3O3. The molecule has 0 aliphatic heterocycles. The number of rotatable bonds is 8. The third-order valence-corrected chi connectivity index (χ3v) is 2.97. The molecule has 1 aromatic heterocycles. The van der Waals surface area contributed by atoms with E-state index in [0.717, 1.165) is 6.42 Å². The Balaban J connectivity index is 2.82. The lowest BCUT2D eigenvalue weighted by molar-refractivity contribution is 0.0675. The van der Waals surface area contributed by atoms with Crippen LogP contribution in [-0.2, 0) is 9.47 Å². The maximum atomic E-state index is 12.5. The number of nitrogens with zero attached hydrogens (tertiary/aromatic N) is 2. The number of methoxy groups -OCH3 is 2. The van der Waals surface area contributed by atoms with Crippen LogP contribution in [0, 0.1) is 0 Å². The summed E-state index contributed by atoms with van der Waals surface area (Å²) < 4.78 is 10.0. The Morgan fingerprint density at radius 1 is 1.35 bits per heavy atom. The van der Waals surface area contributed by atoms with Crippen molar-refractivity contribution in [3.63, 3.8) is 0 Å². The van der Waals surface area contributed by atoms with Gasteiger partial charge in [0.1, 0.15) is 5.15 Å². The Morgan fingerprint density at radius 2 is 2.05 bits per heavy atom. The number of ether oxygens (including phenoxy) is 2. The number of nitrogen functional groups attached to an aromatic ring is 1. The maximum absolute atomic E-state index is 12.5. The number of hydrogen-bond acceptors (Lipinski definition) is 5. The van der Waals surface area contributed by atoms with Gasteiger partial charge < -0.3 is 20.1 Å². The Labute approximate surface area is 123 Å². The summed E-state index contributed by atoms with van der Waals surface area (Å²) in [5.74, 6) is -0.181. The highest BCUT2D eigenvalue weighted by Gasteiger charge is 2.18. The molecule has 1 amide bonds. The number of amides is 1. The first-order valence-corrected chi connectivity index (χ1v) is 6.66. The topological polar surface area (TPSA) is 77.7 Å². The van der Waals surface area contributed by atoms with Gasteiger partial charge >= 0.3 is 0 Å². The summed E-state index contributed by atoms with van der Waals surface area (Å²) in [5.41, 5.74) is 6.46. The van der Waals surface area contributed by atoms with Crippen molar-refractivity contribution in [3.05, 3.63) is 23.0 Å². The van der Waals surface area contributed by atoms with Gasteiger partial charge in [-0.2, -0.15) is 0 Å². The molecule has 1 rings (SSSR count). The fraction of sp³-hybridized carbons (Fsp3) is 0.538. The molecular weight excluding hydrogens is 282 g/mol. The van der Waals surface area contributed by atoms with Crippen molar-refractivity contribution in [2.45, 2.75) is 6.42 Å². The number of carbonyl (C=O) groups excluding carboxylic acids is 1. The molecule has 6 nitrogen and oxygen atoms in total. The van der Waals surface area contributed by atoms with Crippen LogP contribution in [0.5, 0.6) is 0 Å². The zero-order valence-electron chi connectivity index (χ0n) is 11.8. The van der Waals surface area contributed by atoms with Crippen molar-refractivity contribution in [3.8, 4) is 0 Å². The quantitative estimate of drug-likeness (QED) is 0.581. The standard InChI is InChI=1S/C13H20ClN3O3/c1-19-6-3-4-17(5-7-20-2)13(18)10-8-12(14)16-9-11(10)15/h8-9H,3-7,15H2,1-2H3. The van der Waals surface area contributed by atoms with Crippen LogP contribution in [0.15, 0.2) is 12.3 Å². The Kier molecular flexibility index (Phi) is 7.28. The van der Waals surface area contributed by atoms with Crippen LogP contribution >= 0.6 is 11.6 Å². The fourth-order valence-electron chi connectivity index (χ4n) is 1.71. The summed E-state index contributed by atoms with van der Waals surface area (Å²) in [5, 5.41) is 0.242. The van der Waals surface area contributed by atoms with Gasteiger partial charge in [-0.15, -0.1) is 0 Å². The summed E-state index contributed by atoms with van der Waals surface area (Å²) in [7, 11) is 3.22. The van der Waals surface area contributed by atoms with Crippen molar-refractivity contribution in [2.75, 3.05) is 46.3 Å². The van der Waals surface area contributed by atoms with Crippen molar-refractivity contribution in [2.24, 2.45) is 0 Å². The largest absolute Gasteiger partial charge is 0.397 e. The molecule has 0 spiro atoms. The van der Waals surface area contributed by atoms with E-state index in [1.54, 1.807) is 19.1 Å². The fourth-order valence-corrected chi connectivity index (χ4v) is 1.87. The molecule has 0 radical (unpaired) electrons. The van der Waals surface area contributed by atoms with E-state index in [9.17, 15) is 4.79 Å². The highest BCUT2D eigenvalue weighted by molar-refractivity contribution is 6.29. The monoisotopic (exact) mass is 301 g/mol. The lowest BCUT2D eigenvalue weighted by Crippen LogP contribution is -2.35. The van der Waals surface area contributed by atoms with Gasteiger partial charge in [0.25, 0.3) is 5.91 Å². The molecule has 1 heterocycles. The first kappa shape index (κ1) is 16.7. The summed E-state index contributed by atoms with van der Waals surface area (Å²) in [6.07, 6.45) is 2.13. The Bertz CT molecular complexity index is 443. The van der Waals surface area contributed by atoms with E-state index in [1.807, 2.05) is 0 Å². The van der Waals surface area contributed by atoms with E-state index in [1.165, 1.54) is 12.3 Å². The molecule has 0 saturated heterocycles. The highest BCUT2D eigenvalue weighted by atomic mass is 35.5. The second kappa shape index (κ2) is 8.73. The van der Waals surface area contributed by atoms with Crippen LogP contribution in [0.25, 0.3) is 0 Å². The van der Waals surface area contributed by atoms with Crippen LogP contribution in [0.4, 0.5) is 5.69 Å². The lowest BCUT2D eigenvalue weighted by Gasteiger charge is -2.23. The van der Waals surface area contributed by atoms with E-state index in [0.29, 0.717) is 37.6 Å². The zero-order valence-corrected chi connectivity index (χ0v) is 12.5. The first-order chi connectivity index (χ1) is 9.60. The molecule has 7 heteroatoms. The molecule has 0 aliphatic rings. The van der Waals surface area contributed by atoms with Crippen molar-refractivity contribution in [1.82, 2.24) is 9.88 Å². The van der Waals surface area contributed by atoms with E-state index in [4.69, 9.17) is 26.8 Å². The third-order valence-electron chi connectivity index (χ3n) is 2.76. The van der Waals surface area contributed by atoms with E-state index >= 15 is 0 Å². The molecule has 0 bridgehead atoms. The van der Waals surface area contributed by atoms with Gasteiger partial charge in [0, 0.05) is 33.9 Å². The van der Waals surface area contributed by atoms with Crippen molar-refractivity contribution in [1.29, 1.82) is 0 Å². The summed E-state index contributed by atoms with van der Waals surface area (Å²) in [4.78, 5) is 18.0. The summed E-state index contributed by atoms with van der Waals surface area (Å²) in [6, 6.07) is 1.48. The second-order valence-electron chi connectivity index (χ2n) is 4.23. The van der Waals surface area contributed by atoms with Gasteiger partial charge in [-0.3, -0.25) is 4.79 Å². The predicted molar refractivity (Wildman–Crippen MR) is 77.9 cm³/mol.